The van der Waals surface area contributed by atoms with Gasteiger partial charge in [0.25, 0.3) is 5.91 Å². The first kappa shape index (κ1) is 24.1. The van der Waals surface area contributed by atoms with Crippen LogP contribution in [0.2, 0.25) is 0 Å². The number of fused-ring (bicyclic) bond motifs is 1. The number of aliphatic carboxylic acids is 1. The zero-order valence-electron chi connectivity index (χ0n) is 20.8. The normalized spacial score (nSPS) is 26.0. The van der Waals surface area contributed by atoms with Gasteiger partial charge in [-0.3, -0.25) is 14.5 Å². The van der Waals surface area contributed by atoms with Crippen molar-refractivity contribution >= 4 is 17.6 Å². The van der Waals surface area contributed by atoms with Crippen LogP contribution in [0, 0.1) is 30.5 Å². The fourth-order valence-electron chi connectivity index (χ4n) is 6.05. The summed E-state index contributed by atoms with van der Waals surface area (Å²) >= 11 is 0. The van der Waals surface area contributed by atoms with E-state index in [0.29, 0.717) is 17.8 Å². The number of anilines is 1. The van der Waals surface area contributed by atoms with Gasteiger partial charge in [-0.05, 0) is 61.0 Å². The summed E-state index contributed by atoms with van der Waals surface area (Å²) in [7, 11) is 0. The number of hydrogen-bond acceptors (Lipinski definition) is 4. The summed E-state index contributed by atoms with van der Waals surface area (Å²) in [5.41, 5.74) is 5.55. The minimum absolute atomic E-state index is 0.232. The molecular formula is C29H32FN3O3. The van der Waals surface area contributed by atoms with Crippen LogP contribution in [0.15, 0.2) is 77.4 Å². The number of carboxylic acid groups (broad SMARTS) is 1. The smallest absolute Gasteiger partial charge is 0.308 e. The van der Waals surface area contributed by atoms with Gasteiger partial charge in [-0.15, -0.1) is 0 Å². The highest BCUT2D eigenvalue weighted by Crippen LogP contribution is 2.44. The van der Waals surface area contributed by atoms with Crippen molar-refractivity contribution in [2.24, 2.45) is 17.8 Å². The van der Waals surface area contributed by atoms with Gasteiger partial charge in [0.15, 0.2) is 0 Å². The van der Waals surface area contributed by atoms with E-state index in [0.717, 1.165) is 49.1 Å². The number of halogens is 1. The molecule has 188 valence electrons. The summed E-state index contributed by atoms with van der Waals surface area (Å²) in [5, 5.41) is 12.9. The second kappa shape index (κ2) is 9.45. The lowest BCUT2D eigenvalue weighted by atomic mass is 9.82. The summed E-state index contributed by atoms with van der Waals surface area (Å²) in [5.74, 6) is -1.82. The first-order valence-electron chi connectivity index (χ1n) is 12.6. The highest BCUT2D eigenvalue weighted by atomic mass is 19.1. The summed E-state index contributed by atoms with van der Waals surface area (Å²) in [4.78, 5) is 28.4. The quantitative estimate of drug-likeness (QED) is 0.608. The van der Waals surface area contributed by atoms with Crippen LogP contribution in [-0.4, -0.2) is 35.0 Å². The summed E-state index contributed by atoms with van der Waals surface area (Å²) in [6.45, 7) is 9.52. The lowest BCUT2D eigenvalue weighted by molar-refractivity contribution is -0.145. The number of nitrogens with one attached hydrogen (secondary N) is 1. The number of rotatable bonds is 5. The molecule has 5 rings (SSSR count). The van der Waals surface area contributed by atoms with E-state index in [2.05, 4.69) is 35.9 Å². The molecule has 0 aromatic heterocycles. The molecule has 1 aromatic carbocycles. The number of carboxylic acids is 1. The van der Waals surface area contributed by atoms with Crippen molar-refractivity contribution in [2.45, 2.75) is 39.5 Å². The Kier molecular flexibility index (Phi) is 6.33. The molecule has 0 bridgehead atoms. The molecule has 1 aromatic rings. The van der Waals surface area contributed by atoms with Crippen molar-refractivity contribution in [3.63, 3.8) is 0 Å². The van der Waals surface area contributed by atoms with E-state index in [1.807, 2.05) is 6.20 Å². The van der Waals surface area contributed by atoms with E-state index in [9.17, 15) is 19.1 Å². The fraction of sp³-hybridized carbons (Fsp3) is 0.379. The van der Waals surface area contributed by atoms with Gasteiger partial charge in [0, 0.05) is 42.5 Å². The van der Waals surface area contributed by atoms with Gasteiger partial charge in [0.05, 0.1) is 17.5 Å². The second-order valence-electron chi connectivity index (χ2n) is 10.0. The number of nitrogens with zero attached hydrogens (tertiary/aromatic N) is 2. The molecular weight excluding hydrogens is 457 g/mol. The molecule has 3 heterocycles. The van der Waals surface area contributed by atoms with Gasteiger partial charge >= 0.3 is 5.97 Å². The molecule has 1 aliphatic carbocycles. The molecule has 1 amide bonds. The number of carbonyl (C=O) groups is 2. The number of amides is 1. The maximum atomic E-state index is 14.8. The Morgan fingerprint density at radius 1 is 1.28 bits per heavy atom. The van der Waals surface area contributed by atoms with Crippen LogP contribution in [0.5, 0.6) is 0 Å². The van der Waals surface area contributed by atoms with E-state index in [1.54, 1.807) is 19.1 Å². The molecule has 0 saturated carbocycles. The van der Waals surface area contributed by atoms with Crippen LogP contribution < -0.4 is 10.2 Å². The van der Waals surface area contributed by atoms with Crippen LogP contribution in [0.4, 0.5) is 10.1 Å². The summed E-state index contributed by atoms with van der Waals surface area (Å²) in [6, 6.07) is 4.78. The lowest BCUT2D eigenvalue weighted by Crippen LogP contribution is -2.43. The average molecular weight is 490 g/mol. The van der Waals surface area contributed by atoms with Crippen LogP contribution >= 0.6 is 0 Å². The second-order valence-corrected chi connectivity index (χ2v) is 10.0. The van der Waals surface area contributed by atoms with Gasteiger partial charge in [0.2, 0.25) is 0 Å². The number of carbonyl (C=O) groups excluding carboxylic acids is 1. The first-order valence-corrected chi connectivity index (χ1v) is 12.6. The highest BCUT2D eigenvalue weighted by Gasteiger charge is 2.40. The maximum Gasteiger partial charge on any atom is 0.308 e. The predicted octanol–water partition coefficient (Wildman–Crippen LogP) is 5.02. The van der Waals surface area contributed by atoms with Gasteiger partial charge in [-0.25, -0.2) is 4.39 Å². The molecule has 3 unspecified atom stereocenters. The third-order valence-electron chi connectivity index (χ3n) is 8.05. The Balaban J connectivity index is 1.38. The van der Waals surface area contributed by atoms with Crippen molar-refractivity contribution in [3.8, 4) is 0 Å². The SMILES string of the molecule is C=C1C2C(=CC(=O)N1c1c(C)cccc1F)NC=C2C1=CC=C(N2CCC(CC)C(C(=O)O)C2)CC1. The Morgan fingerprint density at radius 2 is 2.08 bits per heavy atom. The Hall–Kier alpha value is -3.61. The van der Waals surface area contributed by atoms with Crippen LogP contribution in [-0.2, 0) is 9.59 Å². The van der Waals surface area contributed by atoms with Crippen molar-refractivity contribution in [1.82, 2.24) is 10.2 Å². The molecule has 7 heteroatoms. The third-order valence-corrected chi connectivity index (χ3v) is 8.05. The van der Waals surface area contributed by atoms with Crippen LogP contribution in [0.3, 0.4) is 0 Å². The standard InChI is InChI=1S/C29H32FN3O3/c1-4-19-12-13-32(16-23(19)29(35)36)21-10-8-20(9-11-21)22-15-31-25-14-26(34)33(18(3)27(22)25)28-17(2)6-5-7-24(28)30/h5-8,10,14-15,19,23,27,31H,3-4,9,11-13,16H2,1-2H3,(H,35,36). The van der Waals surface area contributed by atoms with Crippen molar-refractivity contribution < 1.29 is 19.1 Å². The highest BCUT2D eigenvalue weighted by molar-refractivity contribution is 6.07. The number of likely N-dealkylation sites (tertiary alicyclic amines) is 1. The van der Waals surface area contributed by atoms with E-state index < -0.39 is 11.8 Å². The number of benzene rings is 1. The third kappa shape index (κ3) is 4.06. The molecule has 1 saturated heterocycles. The van der Waals surface area contributed by atoms with Gasteiger partial charge in [-0.1, -0.05) is 38.1 Å². The number of aryl methyl sites for hydroxylation is 1. The van der Waals surface area contributed by atoms with Gasteiger partial charge in [0.1, 0.15) is 5.82 Å². The van der Waals surface area contributed by atoms with E-state index >= 15 is 0 Å². The number of allylic oxidation sites excluding steroid dienone is 4. The first-order chi connectivity index (χ1) is 17.3. The molecule has 0 spiro atoms. The molecule has 2 N–H and O–H groups in total. The Labute approximate surface area is 211 Å². The van der Waals surface area contributed by atoms with Gasteiger partial charge < -0.3 is 15.3 Å². The van der Waals surface area contributed by atoms with Crippen molar-refractivity contribution in [2.75, 3.05) is 18.0 Å². The Morgan fingerprint density at radius 3 is 2.75 bits per heavy atom. The topological polar surface area (TPSA) is 72.9 Å². The maximum absolute atomic E-state index is 14.8. The minimum Gasteiger partial charge on any atom is -0.481 e. The molecule has 36 heavy (non-hydrogen) atoms. The molecule has 0 radical (unpaired) electrons. The lowest BCUT2D eigenvalue weighted by Gasteiger charge is -2.39. The molecule has 1 fully saturated rings. The number of hydrogen-bond donors (Lipinski definition) is 2. The van der Waals surface area contributed by atoms with E-state index in [1.165, 1.54) is 22.7 Å². The zero-order valence-corrected chi connectivity index (χ0v) is 20.8. The monoisotopic (exact) mass is 489 g/mol. The van der Waals surface area contributed by atoms with Crippen LogP contribution in [0.25, 0.3) is 0 Å². The molecule has 3 aliphatic heterocycles. The van der Waals surface area contributed by atoms with Crippen molar-refractivity contribution in [3.05, 3.63) is 88.8 Å². The minimum atomic E-state index is -0.708. The summed E-state index contributed by atoms with van der Waals surface area (Å²) in [6.07, 6.45) is 11.1. The van der Waals surface area contributed by atoms with E-state index in [4.69, 9.17) is 0 Å². The van der Waals surface area contributed by atoms with Crippen LogP contribution in [0.1, 0.15) is 38.2 Å². The Bertz CT molecular complexity index is 1240. The predicted molar refractivity (Wildman–Crippen MR) is 137 cm³/mol. The average Bonchev–Trinajstić information content (AvgIpc) is 3.29. The number of piperidine rings is 1. The van der Waals surface area contributed by atoms with Gasteiger partial charge in [-0.2, -0.15) is 0 Å². The summed E-state index contributed by atoms with van der Waals surface area (Å²) < 4.78 is 14.8. The molecule has 6 nitrogen and oxygen atoms in total. The largest absolute Gasteiger partial charge is 0.481 e. The molecule has 3 atom stereocenters. The van der Waals surface area contributed by atoms with E-state index in [-0.39, 0.29) is 29.3 Å². The zero-order chi connectivity index (χ0) is 25.6. The number of para-hydroxylation sites is 1. The van der Waals surface area contributed by atoms with Crippen molar-refractivity contribution in [1.29, 1.82) is 0 Å². The fourth-order valence-corrected chi connectivity index (χ4v) is 6.05. The molecule has 4 aliphatic rings.